The lowest BCUT2D eigenvalue weighted by molar-refractivity contribution is 1.10. The first-order valence-corrected chi connectivity index (χ1v) is 29.3. The first-order chi connectivity index (χ1) is 41.7. The van der Waals surface area contributed by atoms with Crippen LogP contribution in [-0.2, 0) is 0 Å². The minimum Gasteiger partial charge on any atom is -0.304 e. The van der Waals surface area contributed by atoms with Gasteiger partial charge in [0, 0.05) is 46.3 Å². The van der Waals surface area contributed by atoms with Gasteiger partial charge in [-0.25, -0.2) is 9.97 Å². The fourth-order valence-electron chi connectivity index (χ4n) is 13.4. The zero-order chi connectivity index (χ0) is 57.0. The second-order valence-corrected chi connectivity index (χ2v) is 23.0. The third-order valence-corrected chi connectivity index (χ3v) is 18.0. The number of hydrogen-bond donors (Lipinski definition) is 0. The minimum atomic E-state index is 0.941. The molecule has 11 aromatic carbocycles. The van der Waals surface area contributed by atoms with Crippen LogP contribution in [0.1, 0.15) is 28.3 Å². The molecule has 0 saturated heterocycles. The van der Waals surface area contributed by atoms with Gasteiger partial charge in [0.1, 0.15) is 11.3 Å². The highest BCUT2D eigenvalue weighted by molar-refractivity contribution is 6.26. The van der Waals surface area contributed by atoms with Crippen molar-refractivity contribution in [1.82, 2.24) is 23.8 Å². The summed E-state index contributed by atoms with van der Waals surface area (Å²) in [6.45, 7) is 10.5. The summed E-state index contributed by atoms with van der Waals surface area (Å²) in [4.78, 5) is 15.0. The van der Waals surface area contributed by atoms with E-state index in [2.05, 4.69) is 292 Å². The third kappa shape index (κ3) is 8.25. The lowest BCUT2D eigenvalue weighted by atomic mass is 9.84. The van der Waals surface area contributed by atoms with Crippen molar-refractivity contribution in [2.45, 2.75) is 34.6 Å². The molecule has 0 aliphatic rings. The molecule has 0 spiro atoms. The number of imidazole rings is 2. The van der Waals surface area contributed by atoms with Crippen LogP contribution in [0.25, 0.3) is 154 Å². The maximum Gasteiger partial charge on any atom is 0.145 e. The summed E-state index contributed by atoms with van der Waals surface area (Å²) in [5, 5.41) is 12.1. The molecule has 0 aliphatic carbocycles. The van der Waals surface area contributed by atoms with Crippen LogP contribution in [0.5, 0.6) is 0 Å². The maximum atomic E-state index is 5.01. The van der Waals surface area contributed by atoms with Gasteiger partial charge in [-0.05, 0) is 222 Å². The van der Waals surface area contributed by atoms with Crippen LogP contribution < -0.4 is 0 Å². The summed E-state index contributed by atoms with van der Waals surface area (Å²) in [7, 11) is 0. The Hall–Kier alpha value is -10.8. The Balaban J connectivity index is 0.914. The molecule has 0 saturated carbocycles. The van der Waals surface area contributed by atoms with Gasteiger partial charge in [0.25, 0.3) is 0 Å². The van der Waals surface area contributed by atoms with Crippen LogP contribution in [0.3, 0.4) is 0 Å². The molecule has 0 radical (unpaired) electrons. The first-order valence-electron chi connectivity index (χ1n) is 29.3. The summed E-state index contributed by atoms with van der Waals surface area (Å²) >= 11 is 0. The molecule has 0 unspecified atom stereocenters. The first kappa shape index (κ1) is 50.0. The Bertz CT molecular complexity index is 5200. The molecule has 5 nitrogen and oxygen atoms in total. The number of fused-ring (bicyclic) bond motifs is 12. The predicted molar refractivity (Wildman–Crippen MR) is 356 cm³/mol. The van der Waals surface area contributed by atoms with Gasteiger partial charge in [-0.15, -0.1) is 0 Å². The average molecular weight is 1090 g/mol. The van der Waals surface area contributed by atoms with E-state index in [1.807, 2.05) is 6.20 Å². The van der Waals surface area contributed by atoms with E-state index in [1.165, 1.54) is 32.3 Å². The van der Waals surface area contributed by atoms with Crippen molar-refractivity contribution in [1.29, 1.82) is 0 Å². The molecule has 0 atom stereocenters. The van der Waals surface area contributed by atoms with Crippen molar-refractivity contribution in [2.24, 2.45) is 0 Å². The van der Waals surface area contributed by atoms with E-state index >= 15 is 0 Å². The minimum absolute atomic E-state index is 0.941. The summed E-state index contributed by atoms with van der Waals surface area (Å²) in [6, 6.07) is 88.1. The number of pyridine rings is 3. The third-order valence-electron chi connectivity index (χ3n) is 18.0. The summed E-state index contributed by atoms with van der Waals surface area (Å²) in [6.07, 6.45) is 6.28. The van der Waals surface area contributed by atoms with Gasteiger partial charge in [-0.1, -0.05) is 176 Å². The largest absolute Gasteiger partial charge is 0.304 e. The molecule has 0 N–H and O–H groups in total. The normalized spacial score (nSPS) is 11.8. The SMILES string of the molecule is Cc1ccc(-c2ccc(-c3ccccc3-c3cc(-c4ccccc4-c4ccc5c(ccn6c(C)c(C)nc56)c4)cc(-c4ccccc4-c4ccc5c(ccn6c(C)c(C)nc56)c4)c3)c(-c3ccc4c5ccccc5c5ccccc5c4c3)c2)nc1. The molecular weight excluding hydrogens is 1030 g/mol. The Morgan fingerprint density at radius 3 is 1.14 bits per heavy atom. The van der Waals surface area contributed by atoms with Crippen LogP contribution in [-0.4, -0.2) is 23.8 Å². The zero-order valence-electron chi connectivity index (χ0n) is 48.0. The Labute approximate surface area is 493 Å². The Kier molecular flexibility index (Phi) is 11.6. The predicted octanol–water partition coefficient (Wildman–Crippen LogP) is 21.0. The highest BCUT2D eigenvalue weighted by atomic mass is 15.0. The van der Waals surface area contributed by atoms with Crippen molar-refractivity contribution in [3.8, 4) is 89.1 Å². The molecular formula is C80H57N5. The van der Waals surface area contributed by atoms with Gasteiger partial charge in [-0.3, -0.25) is 4.98 Å². The van der Waals surface area contributed by atoms with Crippen LogP contribution in [0.15, 0.2) is 255 Å². The van der Waals surface area contributed by atoms with E-state index in [0.717, 1.165) is 150 Å². The topological polar surface area (TPSA) is 47.5 Å². The number of nitrogens with zero attached hydrogens (tertiary/aromatic N) is 5. The molecule has 0 fully saturated rings. The molecule has 0 bridgehead atoms. The average Bonchev–Trinajstić information content (AvgIpc) is 1.81. The van der Waals surface area contributed by atoms with Crippen LogP contribution in [0.2, 0.25) is 0 Å². The van der Waals surface area contributed by atoms with Crippen molar-refractivity contribution in [2.75, 3.05) is 0 Å². The molecule has 16 rings (SSSR count). The Morgan fingerprint density at radius 2 is 0.659 bits per heavy atom. The molecule has 5 heteroatoms. The van der Waals surface area contributed by atoms with Crippen molar-refractivity contribution >= 4 is 65.2 Å². The van der Waals surface area contributed by atoms with Crippen LogP contribution in [0.4, 0.5) is 0 Å². The van der Waals surface area contributed by atoms with Crippen LogP contribution in [0, 0.1) is 34.6 Å². The van der Waals surface area contributed by atoms with E-state index < -0.39 is 0 Å². The lowest BCUT2D eigenvalue weighted by Crippen LogP contribution is -1.94. The fourth-order valence-corrected chi connectivity index (χ4v) is 13.4. The molecule has 85 heavy (non-hydrogen) atoms. The molecule has 5 heterocycles. The highest BCUT2D eigenvalue weighted by Gasteiger charge is 2.21. The van der Waals surface area contributed by atoms with Crippen LogP contribution >= 0.6 is 0 Å². The summed E-state index contributed by atoms with van der Waals surface area (Å²) in [5.74, 6) is 0. The second-order valence-electron chi connectivity index (χ2n) is 23.0. The smallest absolute Gasteiger partial charge is 0.145 e. The van der Waals surface area contributed by atoms with Crippen molar-refractivity contribution in [3.63, 3.8) is 0 Å². The molecule has 402 valence electrons. The molecule has 5 aromatic heterocycles. The number of aryl methyl sites for hydroxylation is 5. The standard InChI is InChI=1S/C80H57N5/c1-48-26-35-78(81-47-48)58-30-34-74(76(46-58)55-29-33-75-72-24-13-12-22-70(72)71-23-14-15-25-73(71)77(75)45-55)69-21-11-10-20-66(69)61-43-59(64-18-8-6-16-62(64)53-27-31-67-56(40-53)36-38-84-51(4)49(2)82-79(67)84)42-60(44-61)65-19-9-7-17-63(65)54-28-32-68-57(41-54)37-39-85-52(5)50(3)83-80(68)85/h6-47H,1-5H3. The van der Waals surface area contributed by atoms with Crippen molar-refractivity contribution in [3.05, 3.63) is 284 Å². The van der Waals surface area contributed by atoms with E-state index in [0.29, 0.717) is 0 Å². The summed E-state index contributed by atoms with van der Waals surface area (Å²) in [5.41, 5.74) is 25.6. The maximum absolute atomic E-state index is 5.01. The van der Waals surface area contributed by atoms with Gasteiger partial charge in [0.05, 0.1) is 17.1 Å². The van der Waals surface area contributed by atoms with Gasteiger partial charge < -0.3 is 8.80 Å². The molecule has 16 aromatic rings. The number of hydrogen-bond acceptors (Lipinski definition) is 3. The van der Waals surface area contributed by atoms with Gasteiger partial charge in [0.2, 0.25) is 0 Å². The van der Waals surface area contributed by atoms with Gasteiger partial charge in [0.15, 0.2) is 0 Å². The quantitative estimate of drug-likeness (QED) is 0.143. The zero-order valence-corrected chi connectivity index (χ0v) is 48.0. The van der Waals surface area contributed by atoms with E-state index in [1.54, 1.807) is 0 Å². The molecule has 0 amide bonds. The van der Waals surface area contributed by atoms with Crippen molar-refractivity contribution < 1.29 is 0 Å². The summed E-state index contributed by atoms with van der Waals surface area (Å²) < 4.78 is 4.41. The number of benzene rings is 11. The highest BCUT2D eigenvalue weighted by Crippen LogP contribution is 2.47. The Morgan fingerprint density at radius 1 is 0.271 bits per heavy atom. The molecule has 0 aliphatic heterocycles. The number of aromatic nitrogens is 5. The van der Waals surface area contributed by atoms with E-state index in [4.69, 9.17) is 15.0 Å². The second kappa shape index (κ2) is 19.7. The number of rotatable bonds is 8. The van der Waals surface area contributed by atoms with E-state index in [9.17, 15) is 0 Å². The fraction of sp³-hybridized carbons (Fsp3) is 0.0625. The van der Waals surface area contributed by atoms with Gasteiger partial charge >= 0.3 is 0 Å². The lowest BCUT2D eigenvalue weighted by Gasteiger charge is -2.20. The monoisotopic (exact) mass is 1090 g/mol. The van der Waals surface area contributed by atoms with E-state index in [-0.39, 0.29) is 0 Å². The van der Waals surface area contributed by atoms with Gasteiger partial charge in [-0.2, -0.15) is 0 Å².